The van der Waals surface area contributed by atoms with Crippen LogP contribution in [-0.4, -0.2) is 23.8 Å². The molecule has 1 aromatic carbocycles. The maximum absolute atomic E-state index is 13.6. The van der Waals surface area contributed by atoms with E-state index in [1.54, 1.807) is 24.5 Å². The molecule has 0 saturated carbocycles. The van der Waals surface area contributed by atoms with Gasteiger partial charge in [-0.05, 0) is 94.2 Å². The monoisotopic (exact) mass is 718 g/mol. The molecule has 0 bridgehead atoms. The minimum absolute atomic E-state index is 0.187. The topological polar surface area (TPSA) is 69.9 Å². The highest BCUT2D eigenvalue weighted by Gasteiger charge is 2.33. The Kier molecular flexibility index (Phi) is 8.10. The molecular formula is C24H20I2N2O4S2. The van der Waals surface area contributed by atoms with Crippen LogP contribution in [0.4, 0.5) is 0 Å². The lowest BCUT2D eigenvalue weighted by Crippen LogP contribution is -2.39. The van der Waals surface area contributed by atoms with E-state index in [1.807, 2.05) is 35.7 Å². The van der Waals surface area contributed by atoms with Crippen LogP contribution in [0.3, 0.4) is 0 Å². The van der Waals surface area contributed by atoms with Gasteiger partial charge in [-0.15, -0.1) is 11.3 Å². The number of thiophene rings is 1. The number of allylic oxidation sites excluding steroid dienone is 1. The van der Waals surface area contributed by atoms with Gasteiger partial charge in [-0.2, -0.15) is 0 Å². The molecule has 1 atom stereocenters. The fourth-order valence-corrected chi connectivity index (χ4v) is 7.60. The molecule has 176 valence electrons. The van der Waals surface area contributed by atoms with Crippen LogP contribution in [0.1, 0.15) is 30.3 Å². The van der Waals surface area contributed by atoms with Crippen LogP contribution in [0.15, 0.2) is 63.4 Å². The van der Waals surface area contributed by atoms with Crippen LogP contribution in [0.2, 0.25) is 0 Å². The Balaban J connectivity index is 1.86. The number of nitrogens with zero attached hydrogens (tertiary/aromatic N) is 2. The first-order valence-corrected chi connectivity index (χ1v) is 14.2. The summed E-state index contributed by atoms with van der Waals surface area (Å²) >= 11 is 7.27. The van der Waals surface area contributed by atoms with Crippen LogP contribution >= 0.6 is 67.9 Å². The molecule has 0 spiro atoms. The van der Waals surface area contributed by atoms with Crippen molar-refractivity contribution < 1.29 is 14.3 Å². The normalized spacial score (nSPS) is 15.6. The predicted octanol–water partition coefficient (Wildman–Crippen LogP) is 4.63. The first-order valence-electron chi connectivity index (χ1n) is 10.3. The standard InChI is InChI=1S/C24H20I2N2O4S2/c1-4-8-32-21-15(25)10-14(11-16(21)26)12-18-22(29)28-20(17-7-6-9-33-17)19(23(30)31-5-2)13(3)27-24(28)34-18/h4,6-7,9-12,20H,1,5,8H2,2-3H3/b18-12+/t20-/m0/s1. The van der Waals surface area contributed by atoms with Crippen molar-refractivity contribution in [3.63, 3.8) is 0 Å². The zero-order valence-electron chi connectivity index (χ0n) is 18.3. The van der Waals surface area contributed by atoms with Crippen LogP contribution in [0.5, 0.6) is 5.75 Å². The summed E-state index contributed by atoms with van der Waals surface area (Å²) in [5, 5.41) is 1.93. The Hall–Kier alpha value is -1.77. The number of esters is 1. The number of aromatic nitrogens is 1. The van der Waals surface area contributed by atoms with E-state index in [9.17, 15) is 9.59 Å². The van der Waals surface area contributed by atoms with Gasteiger partial charge in [-0.1, -0.05) is 30.1 Å². The highest BCUT2D eigenvalue weighted by Crippen LogP contribution is 2.33. The molecule has 3 heterocycles. The van der Waals surface area contributed by atoms with Gasteiger partial charge in [0.1, 0.15) is 18.4 Å². The molecule has 6 nitrogen and oxygen atoms in total. The lowest BCUT2D eigenvalue weighted by molar-refractivity contribution is -0.139. The summed E-state index contributed by atoms with van der Waals surface area (Å²) < 4.78 is 15.1. The van der Waals surface area contributed by atoms with Gasteiger partial charge >= 0.3 is 5.97 Å². The number of hydrogen-bond acceptors (Lipinski definition) is 7. The van der Waals surface area contributed by atoms with Gasteiger partial charge in [-0.25, -0.2) is 9.79 Å². The average Bonchev–Trinajstić information content (AvgIpc) is 3.41. The smallest absolute Gasteiger partial charge is 0.338 e. The SMILES string of the molecule is C=CCOc1c(I)cc(/C=c2/sc3n(c2=O)[C@@H](c2cccs2)C(C(=O)OCC)=C(C)N=3)cc1I. The molecule has 1 aliphatic heterocycles. The highest BCUT2D eigenvalue weighted by atomic mass is 127. The summed E-state index contributed by atoms with van der Waals surface area (Å²) in [6.07, 6.45) is 3.57. The second-order valence-corrected chi connectivity index (χ2v) is 11.5. The summed E-state index contributed by atoms with van der Waals surface area (Å²) in [7, 11) is 0. The molecule has 0 N–H and O–H groups in total. The van der Waals surface area contributed by atoms with Crippen molar-refractivity contribution in [1.82, 2.24) is 4.57 Å². The van der Waals surface area contributed by atoms with E-state index in [1.165, 1.54) is 22.7 Å². The van der Waals surface area contributed by atoms with E-state index in [4.69, 9.17) is 9.47 Å². The Bertz CT molecular complexity index is 1450. The van der Waals surface area contributed by atoms with Crippen molar-refractivity contribution in [2.24, 2.45) is 4.99 Å². The molecule has 0 unspecified atom stereocenters. The van der Waals surface area contributed by atoms with Gasteiger partial charge in [0, 0.05) is 4.88 Å². The summed E-state index contributed by atoms with van der Waals surface area (Å²) in [4.78, 5) is 32.5. The van der Waals surface area contributed by atoms with Crippen molar-refractivity contribution in [3.05, 3.63) is 90.8 Å². The van der Waals surface area contributed by atoms with Gasteiger partial charge in [0.05, 0.1) is 29.5 Å². The number of carbonyl (C=O) groups is 1. The number of thiazole rings is 1. The maximum atomic E-state index is 13.6. The summed E-state index contributed by atoms with van der Waals surface area (Å²) in [6.45, 7) is 7.92. The number of fused-ring (bicyclic) bond motifs is 1. The quantitative estimate of drug-likeness (QED) is 0.203. The number of carbonyl (C=O) groups excluding carboxylic acids is 1. The molecule has 0 amide bonds. The molecule has 10 heteroatoms. The van der Waals surface area contributed by atoms with Crippen molar-refractivity contribution in [2.45, 2.75) is 19.9 Å². The average molecular weight is 718 g/mol. The third kappa shape index (κ3) is 4.95. The molecule has 0 radical (unpaired) electrons. The number of halogens is 2. The van der Waals surface area contributed by atoms with Gasteiger partial charge in [0.25, 0.3) is 5.56 Å². The fraction of sp³-hybridized carbons (Fsp3) is 0.208. The van der Waals surface area contributed by atoms with E-state index in [0.717, 1.165) is 23.3 Å². The largest absolute Gasteiger partial charge is 0.487 e. The van der Waals surface area contributed by atoms with Crippen molar-refractivity contribution >= 4 is 79.9 Å². The van der Waals surface area contributed by atoms with Gasteiger partial charge in [0.2, 0.25) is 0 Å². The van der Waals surface area contributed by atoms with E-state index >= 15 is 0 Å². The molecule has 3 aromatic rings. The van der Waals surface area contributed by atoms with Crippen LogP contribution in [-0.2, 0) is 9.53 Å². The van der Waals surface area contributed by atoms with E-state index in [2.05, 4.69) is 56.8 Å². The molecule has 4 rings (SSSR count). The molecule has 0 fully saturated rings. The Morgan fingerprint density at radius 2 is 2.06 bits per heavy atom. The number of benzene rings is 1. The van der Waals surface area contributed by atoms with E-state index in [-0.39, 0.29) is 12.2 Å². The number of ether oxygens (including phenoxy) is 2. The Morgan fingerprint density at radius 1 is 1.32 bits per heavy atom. The fourth-order valence-electron chi connectivity index (χ4n) is 3.60. The van der Waals surface area contributed by atoms with E-state index < -0.39 is 12.0 Å². The third-order valence-electron chi connectivity index (χ3n) is 4.99. The summed E-state index contributed by atoms with van der Waals surface area (Å²) in [6, 6.07) is 7.23. The Labute approximate surface area is 231 Å². The molecule has 1 aliphatic rings. The summed E-state index contributed by atoms with van der Waals surface area (Å²) in [5.74, 6) is 0.350. The van der Waals surface area contributed by atoms with Crippen LogP contribution in [0, 0.1) is 7.14 Å². The van der Waals surface area contributed by atoms with Crippen LogP contribution in [0.25, 0.3) is 6.08 Å². The maximum Gasteiger partial charge on any atom is 0.338 e. The molecule has 34 heavy (non-hydrogen) atoms. The van der Waals surface area contributed by atoms with Gasteiger partial charge in [0.15, 0.2) is 4.80 Å². The molecule has 0 saturated heterocycles. The molecule has 0 aliphatic carbocycles. The highest BCUT2D eigenvalue weighted by molar-refractivity contribution is 14.1. The van der Waals surface area contributed by atoms with Crippen molar-refractivity contribution in [2.75, 3.05) is 13.2 Å². The van der Waals surface area contributed by atoms with Gasteiger partial charge in [-0.3, -0.25) is 9.36 Å². The lowest BCUT2D eigenvalue weighted by Gasteiger charge is -2.23. The predicted molar refractivity (Wildman–Crippen MR) is 152 cm³/mol. The zero-order chi connectivity index (χ0) is 24.4. The minimum Gasteiger partial charge on any atom is -0.487 e. The molecular weight excluding hydrogens is 698 g/mol. The van der Waals surface area contributed by atoms with E-state index in [0.29, 0.717) is 27.2 Å². The first-order chi connectivity index (χ1) is 16.3. The third-order valence-corrected chi connectivity index (χ3v) is 8.50. The number of rotatable bonds is 7. The lowest BCUT2D eigenvalue weighted by atomic mass is 10.0. The van der Waals surface area contributed by atoms with Crippen molar-refractivity contribution in [1.29, 1.82) is 0 Å². The zero-order valence-corrected chi connectivity index (χ0v) is 24.3. The van der Waals surface area contributed by atoms with Crippen LogP contribution < -0.4 is 19.6 Å². The summed E-state index contributed by atoms with van der Waals surface area (Å²) in [5.41, 5.74) is 1.67. The Morgan fingerprint density at radius 3 is 2.68 bits per heavy atom. The molecule has 2 aromatic heterocycles. The first kappa shape index (κ1) is 25.3. The van der Waals surface area contributed by atoms with Gasteiger partial charge < -0.3 is 9.47 Å². The van der Waals surface area contributed by atoms with Crippen molar-refractivity contribution in [3.8, 4) is 5.75 Å². The second-order valence-electron chi connectivity index (χ2n) is 7.23. The second kappa shape index (κ2) is 10.9. The minimum atomic E-state index is -0.563. The number of hydrogen-bond donors (Lipinski definition) is 0.